The number of rotatable bonds is 4. The van der Waals surface area contributed by atoms with Gasteiger partial charge >= 0.3 is 6.18 Å². The third kappa shape index (κ3) is 4.00. The zero-order chi connectivity index (χ0) is 25.0. The first-order valence-electron chi connectivity index (χ1n) is 10.5. The standard InChI is InChI=1S/C23H18F3NO6S2/c24-23(25,26)18-3-1-2-4-22(18)35(30,31)27-10-9-15-13-16(5-7-19(15)27)34(28,29)17-6-8-20-21(14-17)33-12-11-32-20/h1-8,13-14H,9-12H2. The summed E-state index contributed by atoms with van der Waals surface area (Å²) in [6.07, 6.45) is -4.71. The summed E-state index contributed by atoms with van der Waals surface area (Å²) >= 11 is 0. The van der Waals surface area contributed by atoms with E-state index in [9.17, 15) is 30.0 Å². The normalized spacial score (nSPS) is 15.7. The van der Waals surface area contributed by atoms with E-state index in [1.807, 2.05) is 0 Å². The van der Waals surface area contributed by atoms with Gasteiger partial charge in [0.1, 0.15) is 13.2 Å². The fraction of sp³-hybridized carbons (Fsp3) is 0.217. The summed E-state index contributed by atoms with van der Waals surface area (Å²) in [5, 5.41) is 0. The third-order valence-electron chi connectivity index (χ3n) is 5.80. The Hall–Kier alpha value is -3.25. The maximum Gasteiger partial charge on any atom is 0.417 e. The molecule has 5 rings (SSSR count). The third-order valence-corrected chi connectivity index (χ3v) is 9.42. The number of sulfonamides is 1. The Balaban J connectivity index is 1.51. The maximum absolute atomic E-state index is 13.4. The molecule has 0 saturated heterocycles. The van der Waals surface area contributed by atoms with Crippen molar-refractivity contribution >= 4 is 25.5 Å². The Labute approximate surface area is 199 Å². The Morgan fingerprint density at radius 1 is 0.800 bits per heavy atom. The molecule has 0 aromatic heterocycles. The number of nitrogens with zero attached hydrogens (tertiary/aromatic N) is 1. The molecule has 7 nitrogen and oxygen atoms in total. The van der Waals surface area contributed by atoms with E-state index in [0.717, 1.165) is 16.4 Å². The predicted molar refractivity (Wildman–Crippen MR) is 119 cm³/mol. The molecule has 2 aliphatic heterocycles. The van der Waals surface area contributed by atoms with Crippen LogP contribution in [-0.4, -0.2) is 36.6 Å². The molecule has 184 valence electrons. The van der Waals surface area contributed by atoms with Gasteiger partial charge in [-0.1, -0.05) is 12.1 Å². The second-order valence-corrected chi connectivity index (χ2v) is 11.7. The van der Waals surface area contributed by atoms with Crippen molar-refractivity contribution < 1.29 is 39.5 Å². The average molecular weight is 526 g/mol. The summed E-state index contributed by atoms with van der Waals surface area (Å²) in [5.74, 6) is 0.739. The lowest BCUT2D eigenvalue weighted by atomic mass is 10.2. The van der Waals surface area contributed by atoms with E-state index < -0.39 is 36.5 Å². The van der Waals surface area contributed by atoms with Crippen LogP contribution in [0.25, 0.3) is 0 Å². The van der Waals surface area contributed by atoms with E-state index in [1.54, 1.807) is 0 Å². The first-order valence-corrected chi connectivity index (χ1v) is 13.4. The fourth-order valence-corrected chi connectivity index (χ4v) is 7.18. The summed E-state index contributed by atoms with van der Waals surface area (Å²) in [4.78, 5) is -0.945. The topological polar surface area (TPSA) is 90.0 Å². The molecule has 0 bridgehead atoms. The summed E-state index contributed by atoms with van der Waals surface area (Å²) in [5.41, 5.74) is -0.717. The van der Waals surface area contributed by atoms with Gasteiger partial charge in [0.25, 0.3) is 10.0 Å². The van der Waals surface area contributed by atoms with Crippen molar-refractivity contribution in [1.82, 2.24) is 0 Å². The predicted octanol–water partition coefficient (Wildman–Crippen LogP) is 4.06. The fourth-order valence-electron chi connectivity index (χ4n) is 4.14. The van der Waals surface area contributed by atoms with Gasteiger partial charge in [0, 0.05) is 12.6 Å². The highest BCUT2D eigenvalue weighted by Crippen LogP contribution is 2.40. The molecule has 2 heterocycles. The van der Waals surface area contributed by atoms with Crippen LogP contribution in [0.15, 0.2) is 75.4 Å². The molecule has 0 N–H and O–H groups in total. The molecule has 0 unspecified atom stereocenters. The number of alkyl halides is 3. The molecule has 0 spiro atoms. The van der Waals surface area contributed by atoms with Gasteiger partial charge in [0.2, 0.25) is 9.84 Å². The monoisotopic (exact) mass is 525 g/mol. The van der Waals surface area contributed by atoms with Gasteiger partial charge in [-0.2, -0.15) is 13.2 Å². The Kier molecular flexibility index (Phi) is 5.48. The number of ether oxygens (including phenoxy) is 2. The maximum atomic E-state index is 13.4. The lowest BCUT2D eigenvalue weighted by molar-refractivity contribution is -0.139. The molecule has 0 radical (unpaired) electrons. The number of hydrogen-bond acceptors (Lipinski definition) is 6. The summed E-state index contributed by atoms with van der Waals surface area (Å²) in [6, 6.07) is 12.1. The van der Waals surface area contributed by atoms with Gasteiger partial charge in [-0.3, -0.25) is 4.31 Å². The highest BCUT2D eigenvalue weighted by molar-refractivity contribution is 7.93. The zero-order valence-electron chi connectivity index (χ0n) is 17.9. The Bertz CT molecular complexity index is 1540. The van der Waals surface area contributed by atoms with Crippen molar-refractivity contribution in [2.45, 2.75) is 27.3 Å². The quantitative estimate of drug-likeness (QED) is 0.511. The molecular weight excluding hydrogens is 507 g/mol. The van der Waals surface area contributed by atoms with Gasteiger partial charge in [0.05, 0.1) is 25.9 Å². The van der Waals surface area contributed by atoms with E-state index in [1.165, 1.54) is 42.5 Å². The van der Waals surface area contributed by atoms with Crippen LogP contribution >= 0.6 is 0 Å². The first kappa shape index (κ1) is 23.5. The lowest BCUT2D eigenvalue weighted by Gasteiger charge is -2.22. The minimum atomic E-state index is -4.85. The van der Waals surface area contributed by atoms with E-state index in [0.29, 0.717) is 29.7 Å². The molecule has 3 aromatic rings. The van der Waals surface area contributed by atoms with Crippen molar-refractivity contribution in [1.29, 1.82) is 0 Å². The van der Waals surface area contributed by atoms with Crippen molar-refractivity contribution in [2.24, 2.45) is 0 Å². The molecule has 0 aliphatic carbocycles. The van der Waals surface area contributed by atoms with Gasteiger partial charge in [-0.25, -0.2) is 16.8 Å². The molecule has 0 amide bonds. The minimum Gasteiger partial charge on any atom is -0.486 e. The van der Waals surface area contributed by atoms with Crippen LogP contribution in [0.2, 0.25) is 0 Å². The molecular formula is C23H18F3NO6S2. The number of benzene rings is 3. The van der Waals surface area contributed by atoms with E-state index in [2.05, 4.69) is 0 Å². The highest BCUT2D eigenvalue weighted by Gasteiger charge is 2.40. The van der Waals surface area contributed by atoms with Crippen molar-refractivity contribution in [3.05, 3.63) is 71.8 Å². The van der Waals surface area contributed by atoms with Gasteiger partial charge in [-0.05, 0) is 54.4 Å². The zero-order valence-corrected chi connectivity index (χ0v) is 19.6. The number of hydrogen-bond donors (Lipinski definition) is 0. The summed E-state index contributed by atoms with van der Waals surface area (Å²) in [6.45, 7) is 0.533. The van der Waals surface area contributed by atoms with Crippen LogP contribution in [0, 0.1) is 0 Å². The van der Waals surface area contributed by atoms with Crippen LogP contribution in [0.3, 0.4) is 0 Å². The molecule has 2 aliphatic rings. The number of anilines is 1. The second-order valence-electron chi connectivity index (χ2n) is 7.92. The molecule has 35 heavy (non-hydrogen) atoms. The summed E-state index contributed by atoms with van der Waals surface area (Å²) in [7, 11) is -8.52. The number of sulfone groups is 1. The van der Waals surface area contributed by atoms with Crippen molar-refractivity contribution in [3.63, 3.8) is 0 Å². The summed E-state index contributed by atoms with van der Waals surface area (Å²) < 4.78 is 105. The Morgan fingerprint density at radius 3 is 2.20 bits per heavy atom. The molecule has 0 atom stereocenters. The van der Waals surface area contributed by atoms with Gasteiger partial charge < -0.3 is 9.47 Å². The van der Waals surface area contributed by atoms with E-state index >= 15 is 0 Å². The van der Waals surface area contributed by atoms with Crippen molar-refractivity contribution in [3.8, 4) is 11.5 Å². The van der Waals surface area contributed by atoms with Crippen LogP contribution in [0.1, 0.15) is 11.1 Å². The molecule has 3 aromatic carbocycles. The van der Waals surface area contributed by atoms with Crippen LogP contribution in [-0.2, 0) is 32.5 Å². The van der Waals surface area contributed by atoms with Crippen LogP contribution < -0.4 is 13.8 Å². The van der Waals surface area contributed by atoms with Crippen LogP contribution in [0.4, 0.5) is 18.9 Å². The number of fused-ring (bicyclic) bond motifs is 2. The van der Waals surface area contributed by atoms with Gasteiger partial charge in [-0.15, -0.1) is 0 Å². The minimum absolute atomic E-state index is 0.0247. The number of halogens is 3. The SMILES string of the molecule is O=S(=O)(c1ccc2c(c1)CCN2S(=O)(=O)c1ccccc1C(F)(F)F)c1ccc2c(c1)OCCO2. The highest BCUT2D eigenvalue weighted by atomic mass is 32.2. The molecule has 0 saturated carbocycles. The molecule has 0 fully saturated rings. The van der Waals surface area contributed by atoms with Gasteiger partial charge in [0.15, 0.2) is 11.5 Å². The van der Waals surface area contributed by atoms with E-state index in [-0.39, 0.29) is 35.1 Å². The smallest absolute Gasteiger partial charge is 0.417 e. The second kappa shape index (κ2) is 8.16. The average Bonchev–Trinajstić information content (AvgIpc) is 3.27. The van der Waals surface area contributed by atoms with E-state index in [4.69, 9.17) is 9.47 Å². The lowest BCUT2D eigenvalue weighted by Crippen LogP contribution is -2.30. The molecule has 12 heteroatoms. The Morgan fingerprint density at radius 2 is 1.46 bits per heavy atom. The first-order chi connectivity index (χ1) is 16.5. The van der Waals surface area contributed by atoms with Crippen LogP contribution in [0.5, 0.6) is 11.5 Å². The largest absolute Gasteiger partial charge is 0.486 e. The van der Waals surface area contributed by atoms with Crippen molar-refractivity contribution in [2.75, 3.05) is 24.1 Å².